The highest BCUT2D eigenvalue weighted by Gasteiger charge is 2.19. The van der Waals surface area contributed by atoms with Crippen LogP contribution in [0.1, 0.15) is 18.9 Å². The minimum Gasteiger partial charge on any atom is -0.389 e. The first-order valence-electron chi connectivity index (χ1n) is 4.33. The van der Waals surface area contributed by atoms with E-state index in [9.17, 15) is 5.11 Å². The van der Waals surface area contributed by atoms with Crippen LogP contribution in [0.2, 0.25) is 0 Å². The van der Waals surface area contributed by atoms with Crippen molar-refractivity contribution >= 4 is 11.6 Å². The lowest BCUT2D eigenvalue weighted by molar-refractivity contribution is 0.0945. The molecule has 0 heterocycles. The molecule has 1 nitrogen and oxygen atoms in total. The molecule has 0 aromatic heterocycles. The first-order valence-corrected chi connectivity index (χ1v) is 4.87. The number of alkyl halides is 1. The molecule has 0 bridgehead atoms. The predicted molar refractivity (Wildman–Crippen MR) is 55.8 cm³/mol. The lowest BCUT2D eigenvalue weighted by Gasteiger charge is -2.21. The average Bonchev–Trinajstić information content (AvgIpc) is 2.04. The Morgan fingerprint density at radius 2 is 2.00 bits per heavy atom. The van der Waals surface area contributed by atoms with Crippen LogP contribution in [-0.2, 0) is 0 Å². The summed E-state index contributed by atoms with van der Waals surface area (Å²) in [6, 6.07) is 9.77. The number of rotatable bonds is 4. The van der Waals surface area contributed by atoms with Gasteiger partial charge >= 0.3 is 0 Å². The summed E-state index contributed by atoms with van der Waals surface area (Å²) < 4.78 is 0. The van der Waals surface area contributed by atoms with Crippen molar-refractivity contribution in [2.75, 3.05) is 5.88 Å². The third-order valence-corrected chi connectivity index (χ3v) is 2.07. The highest BCUT2D eigenvalue weighted by atomic mass is 35.5. The van der Waals surface area contributed by atoms with Crippen LogP contribution in [0.25, 0.3) is 0 Å². The first-order chi connectivity index (χ1) is 6.14. The zero-order valence-electron chi connectivity index (χ0n) is 7.70. The van der Waals surface area contributed by atoms with Crippen LogP contribution >= 0.6 is 11.6 Å². The van der Waals surface area contributed by atoms with Gasteiger partial charge in [0.15, 0.2) is 0 Å². The van der Waals surface area contributed by atoms with Gasteiger partial charge in [-0.15, -0.1) is 11.6 Å². The molecule has 1 N–H and O–H groups in total. The molecule has 0 saturated carbocycles. The average molecular weight is 198 g/mol. The van der Waals surface area contributed by atoms with Gasteiger partial charge in [0.25, 0.3) is 0 Å². The topological polar surface area (TPSA) is 20.2 Å². The summed E-state index contributed by atoms with van der Waals surface area (Å²) in [6.07, 6.45) is 2.40. The Morgan fingerprint density at radius 1 is 1.38 bits per heavy atom. The van der Waals surface area contributed by atoms with Gasteiger partial charge in [0.05, 0.1) is 5.60 Å². The molecule has 71 valence electrons. The summed E-state index contributed by atoms with van der Waals surface area (Å²) in [7, 11) is 0. The van der Waals surface area contributed by atoms with E-state index in [0.29, 0.717) is 12.3 Å². The second-order valence-electron chi connectivity index (χ2n) is 3.35. The van der Waals surface area contributed by atoms with Crippen LogP contribution < -0.4 is 0 Å². The van der Waals surface area contributed by atoms with Gasteiger partial charge in [0, 0.05) is 12.3 Å². The predicted octanol–water partition coefficient (Wildman–Crippen LogP) is 2.62. The molecule has 1 rings (SSSR count). The minimum atomic E-state index is -0.802. The largest absolute Gasteiger partial charge is 0.389 e. The first kappa shape index (κ1) is 10.6. The van der Waals surface area contributed by atoms with E-state index in [0.717, 1.165) is 5.56 Å². The highest BCUT2D eigenvalue weighted by molar-refractivity contribution is 6.17. The van der Waals surface area contributed by atoms with Crippen molar-refractivity contribution < 1.29 is 5.11 Å². The second-order valence-corrected chi connectivity index (χ2v) is 3.73. The van der Waals surface area contributed by atoms with Crippen LogP contribution in [-0.4, -0.2) is 16.6 Å². The van der Waals surface area contributed by atoms with Gasteiger partial charge in [-0.25, -0.2) is 0 Å². The van der Waals surface area contributed by atoms with E-state index in [4.69, 9.17) is 11.6 Å². The number of hydrogen-bond donors (Lipinski definition) is 1. The van der Waals surface area contributed by atoms with Crippen molar-refractivity contribution in [2.45, 2.75) is 18.9 Å². The van der Waals surface area contributed by atoms with E-state index < -0.39 is 5.60 Å². The number of benzene rings is 1. The summed E-state index contributed by atoms with van der Waals surface area (Å²) in [5, 5.41) is 9.83. The zero-order valence-corrected chi connectivity index (χ0v) is 8.46. The van der Waals surface area contributed by atoms with Crippen LogP contribution in [0, 0.1) is 6.42 Å². The molecular weight excluding hydrogens is 184 g/mol. The van der Waals surface area contributed by atoms with Crippen molar-refractivity contribution in [3.63, 3.8) is 0 Å². The van der Waals surface area contributed by atoms with Crippen LogP contribution in [0.3, 0.4) is 0 Å². The van der Waals surface area contributed by atoms with Crippen molar-refractivity contribution in [1.82, 2.24) is 0 Å². The van der Waals surface area contributed by atoms with Crippen molar-refractivity contribution in [1.29, 1.82) is 0 Å². The molecule has 13 heavy (non-hydrogen) atoms. The van der Waals surface area contributed by atoms with E-state index in [1.54, 1.807) is 6.92 Å². The Bertz CT molecular complexity index is 244. The number of aliphatic hydroxyl groups is 1. The molecule has 0 aliphatic heterocycles. The summed E-state index contributed by atoms with van der Waals surface area (Å²) in [6.45, 7) is 1.77. The third-order valence-electron chi connectivity index (χ3n) is 1.88. The summed E-state index contributed by atoms with van der Waals surface area (Å²) in [5.41, 5.74) is 0.223. The minimum absolute atomic E-state index is 0.469. The molecule has 0 aliphatic carbocycles. The maximum absolute atomic E-state index is 9.83. The second kappa shape index (κ2) is 4.64. The Labute approximate surface area is 84.4 Å². The smallest absolute Gasteiger partial charge is 0.0706 e. The van der Waals surface area contributed by atoms with Crippen molar-refractivity contribution in [2.24, 2.45) is 0 Å². The SMILES string of the molecule is CC(O)([CH]c1ccccc1)CCCl. The summed E-state index contributed by atoms with van der Waals surface area (Å²) >= 11 is 5.57. The third kappa shape index (κ3) is 3.79. The molecule has 1 unspecified atom stereocenters. The molecule has 0 spiro atoms. The monoisotopic (exact) mass is 197 g/mol. The molecule has 1 aromatic rings. The lowest BCUT2D eigenvalue weighted by Crippen LogP contribution is -2.25. The molecule has 1 aromatic carbocycles. The van der Waals surface area contributed by atoms with Gasteiger partial charge in [0.2, 0.25) is 0 Å². The Balaban J connectivity index is 2.58. The standard InChI is InChI=1S/C11H14ClO/c1-11(13,7-8-12)9-10-5-3-2-4-6-10/h2-6,9,13H,7-8H2,1H3. The van der Waals surface area contributed by atoms with Crippen LogP contribution in [0.5, 0.6) is 0 Å². The van der Waals surface area contributed by atoms with Crippen LogP contribution in [0.15, 0.2) is 30.3 Å². The molecule has 0 amide bonds. The van der Waals surface area contributed by atoms with Gasteiger partial charge in [-0.2, -0.15) is 0 Å². The quantitative estimate of drug-likeness (QED) is 0.736. The van der Waals surface area contributed by atoms with E-state index >= 15 is 0 Å². The van der Waals surface area contributed by atoms with E-state index in [1.807, 2.05) is 36.8 Å². The van der Waals surface area contributed by atoms with Gasteiger partial charge < -0.3 is 5.11 Å². The van der Waals surface area contributed by atoms with Gasteiger partial charge in [-0.05, 0) is 18.9 Å². The van der Waals surface area contributed by atoms with E-state index in [1.165, 1.54) is 0 Å². The maximum Gasteiger partial charge on any atom is 0.0706 e. The maximum atomic E-state index is 9.83. The zero-order chi connectivity index (χ0) is 9.73. The van der Waals surface area contributed by atoms with Gasteiger partial charge in [0.1, 0.15) is 0 Å². The van der Waals surface area contributed by atoms with E-state index in [2.05, 4.69) is 0 Å². The Hall–Kier alpha value is -0.530. The fourth-order valence-electron chi connectivity index (χ4n) is 1.17. The fourth-order valence-corrected chi connectivity index (χ4v) is 1.55. The van der Waals surface area contributed by atoms with E-state index in [-0.39, 0.29) is 0 Å². The summed E-state index contributed by atoms with van der Waals surface area (Å²) in [4.78, 5) is 0. The highest BCUT2D eigenvalue weighted by Crippen LogP contribution is 2.19. The number of hydrogen-bond acceptors (Lipinski definition) is 1. The fraction of sp³-hybridized carbons (Fsp3) is 0.364. The Kier molecular flexibility index (Phi) is 3.76. The Morgan fingerprint density at radius 3 is 2.54 bits per heavy atom. The van der Waals surface area contributed by atoms with Crippen molar-refractivity contribution in [3.8, 4) is 0 Å². The van der Waals surface area contributed by atoms with Gasteiger partial charge in [-0.3, -0.25) is 0 Å². The lowest BCUT2D eigenvalue weighted by atomic mass is 9.94. The van der Waals surface area contributed by atoms with Gasteiger partial charge in [-0.1, -0.05) is 30.3 Å². The van der Waals surface area contributed by atoms with Crippen LogP contribution in [0.4, 0.5) is 0 Å². The molecule has 2 heteroatoms. The van der Waals surface area contributed by atoms with Crippen molar-refractivity contribution in [3.05, 3.63) is 42.3 Å². The molecule has 0 saturated heterocycles. The molecular formula is C11H14ClO. The normalized spacial score (nSPS) is 15.3. The number of halogens is 1. The summed E-state index contributed by atoms with van der Waals surface area (Å²) in [5.74, 6) is 0.469. The molecule has 1 radical (unpaired) electrons. The molecule has 0 aliphatic rings. The molecule has 1 atom stereocenters. The molecule has 0 fully saturated rings.